The van der Waals surface area contributed by atoms with Gasteiger partial charge in [0.2, 0.25) is 5.91 Å². The van der Waals surface area contributed by atoms with Crippen LogP contribution in [0.5, 0.6) is 0 Å². The van der Waals surface area contributed by atoms with E-state index in [9.17, 15) is 9.36 Å². The van der Waals surface area contributed by atoms with E-state index in [1.54, 1.807) is 19.0 Å². The van der Waals surface area contributed by atoms with Gasteiger partial charge in [-0.1, -0.05) is 48.0 Å². The number of hydrogen-bond donors (Lipinski definition) is 0. The quantitative estimate of drug-likeness (QED) is 0.780. The molecule has 0 aliphatic rings. The molecule has 0 saturated heterocycles. The van der Waals surface area contributed by atoms with Crippen LogP contribution in [0, 0.1) is 20.8 Å². The molecular weight excluding hydrogens is 317 g/mol. The zero-order valence-corrected chi connectivity index (χ0v) is 16.1. The summed E-state index contributed by atoms with van der Waals surface area (Å²) in [7, 11) is 0.608. The van der Waals surface area contributed by atoms with E-state index >= 15 is 0 Å². The lowest BCUT2D eigenvalue weighted by Crippen LogP contribution is -2.27. The summed E-state index contributed by atoms with van der Waals surface area (Å²) in [6, 6.07) is 13.7. The number of carbonyl (C=O) groups excluding carboxylic acids is 1. The van der Waals surface area contributed by atoms with Gasteiger partial charge in [-0.05, 0) is 31.9 Å². The highest BCUT2D eigenvalue weighted by atomic mass is 31.2. The summed E-state index contributed by atoms with van der Waals surface area (Å²) in [5.74, 6) is 0.00794. The van der Waals surface area contributed by atoms with E-state index in [1.165, 1.54) is 0 Å². The second-order valence-electron chi connectivity index (χ2n) is 6.58. The Labute approximate surface area is 145 Å². The molecule has 1 amide bonds. The van der Waals surface area contributed by atoms with E-state index in [-0.39, 0.29) is 12.3 Å². The number of hydrogen-bond acceptors (Lipinski definition) is 2. The van der Waals surface area contributed by atoms with Crippen molar-refractivity contribution in [2.45, 2.75) is 27.2 Å². The molecule has 0 radical (unpaired) electrons. The second-order valence-corrected chi connectivity index (χ2v) is 9.47. The fraction of sp³-hybridized carbons (Fsp3) is 0.350. The summed E-state index contributed by atoms with van der Waals surface area (Å²) in [5, 5.41) is 1.73. The number of amides is 1. The van der Waals surface area contributed by atoms with Gasteiger partial charge in [0, 0.05) is 37.3 Å². The van der Waals surface area contributed by atoms with E-state index in [0.29, 0.717) is 6.16 Å². The van der Waals surface area contributed by atoms with Crippen molar-refractivity contribution in [3.63, 3.8) is 0 Å². The van der Waals surface area contributed by atoms with Crippen molar-refractivity contribution in [3.05, 3.63) is 59.2 Å². The molecule has 3 nitrogen and oxygen atoms in total. The number of benzene rings is 2. The van der Waals surface area contributed by atoms with Gasteiger partial charge in [0.25, 0.3) is 0 Å². The average molecular weight is 343 g/mol. The van der Waals surface area contributed by atoms with Crippen molar-refractivity contribution in [1.29, 1.82) is 0 Å². The molecule has 0 saturated carbocycles. The molecule has 0 heterocycles. The Bertz CT molecular complexity index is 758. The van der Waals surface area contributed by atoms with Crippen molar-refractivity contribution in [2.24, 2.45) is 0 Å². The van der Waals surface area contributed by atoms with Crippen LogP contribution >= 0.6 is 7.14 Å². The summed E-state index contributed by atoms with van der Waals surface area (Å²) >= 11 is 0. The summed E-state index contributed by atoms with van der Waals surface area (Å²) in [6.07, 6.45) is 0.644. The van der Waals surface area contributed by atoms with Gasteiger partial charge in [-0.25, -0.2) is 0 Å². The molecule has 24 heavy (non-hydrogen) atoms. The Hall–Kier alpha value is -1.86. The maximum absolute atomic E-state index is 14.1. The van der Waals surface area contributed by atoms with Crippen molar-refractivity contribution < 1.29 is 9.36 Å². The molecule has 0 aliphatic heterocycles. The van der Waals surface area contributed by atoms with Gasteiger partial charge in [0.15, 0.2) is 0 Å². The standard InChI is InChI=1S/C20H26NO2P/c1-15-13-16(2)20(17(3)14-15)24(23,12-11-19(22)21(4)5)18-9-7-6-8-10-18/h6-10,13-14H,11-12H2,1-5H3/t24-/m0/s1. The SMILES string of the molecule is Cc1cc(C)c([P@](=O)(CCC(=O)N(C)C)c2ccccc2)c(C)c1. The molecule has 0 bridgehead atoms. The molecule has 2 aromatic carbocycles. The van der Waals surface area contributed by atoms with Crippen molar-refractivity contribution in [1.82, 2.24) is 4.90 Å². The number of carbonyl (C=O) groups is 1. The van der Waals surface area contributed by atoms with Crippen LogP contribution in [-0.4, -0.2) is 31.1 Å². The number of aryl methyl sites for hydroxylation is 3. The summed E-state index contributed by atoms with van der Waals surface area (Å²) in [5.41, 5.74) is 3.24. The van der Waals surface area contributed by atoms with Crippen LogP contribution in [0.2, 0.25) is 0 Å². The third-order valence-electron chi connectivity index (χ3n) is 4.31. The molecule has 0 fully saturated rings. The maximum Gasteiger partial charge on any atom is 0.222 e. The highest BCUT2D eigenvalue weighted by Crippen LogP contribution is 2.46. The molecule has 2 rings (SSSR count). The molecule has 0 N–H and O–H groups in total. The van der Waals surface area contributed by atoms with Crippen LogP contribution in [0.25, 0.3) is 0 Å². The van der Waals surface area contributed by atoms with Gasteiger partial charge in [0.1, 0.15) is 7.14 Å². The molecular formula is C20H26NO2P. The highest BCUT2D eigenvalue weighted by molar-refractivity contribution is 7.78. The normalized spacial score (nSPS) is 13.4. The van der Waals surface area contributed by atoms with Crippen LogP contribution in [0.3, 0.4) is 0 Å². The first-order valence-corrected chi connectivity index (χ1v) is 10.1. The minimum Gasteiger partial charge on any atom is -0.349 e. The van der Waals surface area contributed by atoms with E-state index in [4.69, 9.17) is 0 Å². The lowest BCUT2D eigenvalue weighted by molar-refractivity contribution is -0.128. The predicted molar refractivity (Wildman–Crippen MR) is 102 cm³/mol. The molecule has 128 valence electrons. The monoisotopic (exact) mass is 343 g/mol. The van der Waals surface area contributed by atoms with E-state index in [0.717, 1.165) is 27.3 Å². The van der Waals surface area contributed by atoms with Crippen LogP contribution in [0.4, 0.5) is 0 Å². The third kappa shape index (κ3) is 3.79. The van der Waals surface area contributed by atoms with Gasteiger partial charge >= 0.3 is 0 Å². The maximum atomic E-state index is 14.1. The van der Waals surface area contributed by atoms with Gasteiger partial charge in [-0.3, -0.25) is 4.79 Å². The molecule has 0 unspecified atom stereocenters. The fourth-order valence-electron chi connectivity index (χ4n) is 3.26. The Kier molecular flexibility index (Phi) is 5.66. The number of nitrogens with zero attached hydrogens (tertiary/aromatic N) is 1. The van der Waals surface area contributed by atoms with Gasteiger partial charge < -0.3 is 9.46 Å². The molecule has 0 aliphatic carbocycles. The lowest BCUT2D eigenvalue weighted by atomic mass is 10.1. The highest BCUT2D eigenvalue weighted by Gasteiger charge is 2.31. The van der Waals surface area contributed by atoms with E-state index < -0.39 is 7.14 Å². The molecule has 4 heteroatoms. The van der Waals surface area contributed by atoms with Crippen LogP contribution in [-0.2, 0) is 9.36 Å². The van der Waals surface area contributed by atoms with Crippen LogP contribution in [0.1, 0.15) is 23.1 Å². The first-order valence-electron chi connectivity index (χ1n) is 8.19. The zero-order valence-electron chi connectivity index (χ0n) is 15.2. The van der Waals surface area contributed by atoms with Crippen LogP contribution in [0.15, 0.2) is 42.5 Å². The number of rotatable bonds is 5. The fourth-order valence-corrected chi connectivity index (χ4v) is 6.43. The van der Waals surface area contributed by atoms with Gasteiger partial charge in [-0.2, -0.15) is 0 Å². The first-order chi connectivity index (χ1) is 11.3. The van der Waals surface area contributed by atoms with Crippen molar-refractivity contribution >= 4 is 23.7 Å². The molecule has 2 aromatic rings. The topological polar surface area (TPSA) is 37.4 Å². The average Bonchev–Trinajstić information content (AvgIpc) is 2.52. The van der Waals surface area contributed by atoms with E-state index in [1.807, 2.05) is 51.1 Å². The van der Waals surface area contributed by atoms with Crippen LogP contribution < -0.4 is 10.6 Å². The summed E-state index contributed by atoms with van der Waals surface area (Å²) in [4.78, 5) is 13.6. The molecule has 0 spiro atoms. The van der Waals surface area contributed by atoms with E-state index in [2.05, 4.69) is 12.1 Å². The molecule has 1 atom stereocenters. The van der Waals surface area contributed by atoms with Gasteiger partial charge in [0.05, 0.1) is 0 Å². The van der Waals surface area contributed by atoms with Gasteiger partial charge in [-0.15, -0.1) is 0 Å². The van der Waals surface area contributed by atoms with Crippen molar-refractivity contribution in [2.75, 3.05) is 20.3 Å². The smallest absolute Gasteiger partial charge is 0.222 e. The Morgan fingerprint density at radius 1 is 1.00 bits per heavy atom. The summed E-state index contributed by atoms with van der Waals surface area (Å²) in [6.45, 7) is 6.07. The zero-order chi connectivity index (χ0) is 17.9. The first kappa shape index (κ1) is 18.5. The lowest BCUT2D eigenvalue weighted by Gasteiger charge is -2.24. The Morgan fingerprint density at radius 2 is 1.54 bits per heavy atom. The minimum absolute atomic E-state index is 0.00794. The Morgan fingerprint density at radius 3 is 2.04 bits per heavy atom. The second kappa shape index (κ2) is 7.36. The third-order valence-corrected chi connectivity index (χ3v) is 7.72. The summed E-state index contributed by atoms with van der Waals surface area (Å²) < 4.78 is 14.1. The van der Waals surface area contributed by atoms with Crippen molar-refractivity contribution in [3.8, 4) is 0 Å². The predicted octanol–water partition coefficient (Wildman–Crippen LogP) is 3.40. The minimum atomic E-state index is -2.86. The Balaban J connectivity index is 2.56. The largest absolute Gasteiger partial charge is 0.349 e. The molecule has 0 aromatic heterocycles.